The van der Waals surface area contributed by atoms with Crippen LogP contribution in [0.3, 0.4) is 0 Å². The number of hydrogen-bond donors (Lipinski definition) is 0. The Morgan fingerprint density at radius 2 is 1.71 bits per heavy atom. The average molecular weight is 429 g/mol. The van der Waals surface area contributed by atoms with Crippen molar-refractivity contribution in [3.8, 4) is 0 Å². The van der Waals surface area contributed by atoms with Crippen molar-refractivity contribution in [2.24, 2.45) is 0 Å². The first-order chi connectivity index (χ1) is 15.0. The van der Waals surface area contributed by atoms with Crippen LogP contribution in [0.1, 0.15) is 38.2 Å². The van der Waals surface area contributed by atoms with Gasteiger partial charge in [0, 0.05) is 39.3 Å². The summed E-state index contributed by atoms with van der Waals surface area (Å²) >= 11 is 0. The van der Waals surface area contributed by atoms with Gasteiger partial charge in [0.05, 0.1) is 13.2 Å². The van der Waals surface area contributed by atoms with E-state index in [2.05, 4.69) is 4.90 Å². The van der Waals surface area contributed by atoms with E-state index in [1.54, 1.807) is 16.8 Å². The topological polar surface area (TPSA) is 73.4 Å². The van der Waals surface area contributed by atoms with Gasteiger partial charge in [-0.05, 0) is 38.2 Å². The SMILES string of the molecule is CCOC(=O)N1CCC(N2CCC3(CC2)C(=O)N(Cc2ccccc2)C(=O)N3C)CC1. The Hall–Kier alpha value is -2.61. The predicted molar refractivity (Wildman–Crippen MR) is 115 cm³/mol. The minimum Gasteiger partial charge on any atom is -0.450 e. The molecule has 8 heteroatoms. The third kappa shape index (κ3) is 4.01. The number of ether oxygens (including phenoxy) is 1. The number of likely N-dealkylation sites (N-methyl/N-ethyl adjacent to an activating group) is 1. The smallest absolute Gasteiger partial charge is 0.409 e. The van der Waals surface area contributed by atoms with Crippen molar-refractivity contribution in [1.82, 2.24) is 19.6 Å². The lowest BCUT2D eigenvalue weighted by molar-refractivity contribution is -0.136. The van der Waals surface area contributed by atoms with E-state index in [4.69, 9.17) is 4.74 Å². The van der Waals surface area contributed by atoms with Crippen LogP contribution in [0, 0.1) is 0 Å². The lowest BCUT2D eigenvalue weighted by Crippen LogP contribution is -2.58. The Morgan fingerprint density at radius 3 is 2.32 bits per heavy atom. The molecule has 1 aromatic rings. The van der Waals surface area contributed by atoms with Crippen LogP contribution in [-0.2, 0) is 16.1 Å². The van der Waals surface area contributed by atoms with E-state index >= 15 is 0 Å². The Kier molecular flexibility index (Phi) is 6.18. The van der Waals surface area contributed by atoms with E-state index in [1.807, 2.05) is 37.3 Å². The van der Waals surface area contributed by atoms with Crippen LogP contribution in [0.4, 0.5) is 9.59 Å². The standard InChI is InChI=1S/C23H32N4O4/c1-3-31-22(30)26-13-9-19(10-14-26)25-15-11-23(12-16-25)20(28)27(21(29)24(23)2)17-18-7-5-4-6-8-18/h4-8,19H,3,9-17H2,1-2H3. The maximum Gasteiger partial charge on any atom is 0.409 e. The van der Waals surface area contributed by atoms with E-state index in [0.717, 1.165) is 31.5 Å². The molecule has 0 unspecified atom stereocenters. The van der Waals surface area contributed by atoms with Gasteiger partial charge in [0.1, 0.15) is 5.54 Å². The molecule has 0 radical (unpaired) electrons. The summed E-state index contributed by atoms with van der Waals surface area (Å²) in [7, 11) is 1.76. The summed E-state index contributed by atoms with van der Waals surface area (Å²) in [5.41, 5.74) is 0.231. The molecule has 1 aromatic carbocycles. The fourth-order valence-electron chi connectivity index (χ4n) is 5.19. The first kappa shape index (κ1) is 21.6. The lowest BCUT2D eigenvalue weighted by atomic mass is 9.85. The molecule has 31 heavy (non-hydrogen) atoms. The quantitative estimate of drug-likeness (QED) is 0.689. The average Bonchev–Trinajstić information content (AvgIpc) is 2.97. The number of nitrogens with zero attached hydrogens (tertiary/aromatic N) is 4. The molecule has 0 N–H and O–H groups in total. The van der Waals surface area contributed by atoms with Gasteiger partial charge >= 0.3 is 12.1 Å². The van der Waals surface area contributed by atoms with Gasteiger partial charge in [-0.1, -0.05) is 30.3 Å². The monoisotopic (exact) mass is 428 g/mol. The molecule has 8 nitrogen and oxygen atoms in total. The van der Waals surface area contributed by atoms with Crippen molar-refractivity contribution in [3.05, 3.63) is 35.9 Å². The zero-order chi connectivity index (χ0) is 22.0. The molecule has 3 saturated heterocycles. The second-order valence-corrected chi connectivity index (χ2v) is 8.70. The fraction of sp³-hybridized carbons (Fsp3) is 0.609. The zero-order valence-electron chi connectivity index (χ0n) is 18.5. The molecule has 3 fully saturated rings. The van der Waals surface area contributed by atoms with Gasteiger partial charge in [0.25, 0.3) is 5.91 Å². The van der Waals surface area contributed by atoms with Crippen LogP contribution >= 0.6 is 0 Å². The molecule has 0 bridgehead atoms. The number of urea groups is 1. The predicted octanol–water partition coefficient (Wildman–Crippen LogP) is 2.54. The Labute approximate surface area is 183 Å². The largest absolute Gasteiger partial charge is 0.450 e. The van der Waals surface area contributed by atoms with E-state index in [0.29, 0.717) is 45.1 Å². The number of imide groups is 1. The van der Waals surface area contributed by atoms with Gasteiger partial charge in [-0.2, -0.15) is 0 Å². The molecule has 4 amide bonds. The second-order valence-electron chi connectivity index (χ2n) is 8.70. The summed E-state index contributed by atoms with van der Waals surface area (Å²) in [5.74, 6) is -0.0689. The second kappa shape index (κ2) is 8.86. The molecular weight excluding hydrogens is 396 g/mol. The van der Waals surface area contributed by atoms with E-state index in [-0.39, 0.29) is 18.0 Å². The highest BCUT2D eigenvalue weighted by Crippen LogP contribution is 2.38. The number of carbonyl (C=O) groups is 3. The third-order valence-electron chi connectivity index (χ3n) is 7.12. The normalized spacial score (nSPS) is 22.5. The molecule has 168 valence electrons. The molecular formula is C23H32N4O4. The summed E-state index contributed by atoms with van der Waals surface area (Å²) in [6.45, 7) is 5.51. The molecule has 0 atom stereocenters. The number of rotatable bonds is 4. The zero-order valence-corrected chi connectivity index (χ0v) is 18.5. The van der Waals surface area contributed by atoms with Gasteiger partial charge in [-0.15, -0.1) is 0 Å². The van der Waals surface area contributed by atoms with Crippen molar-refractivity contribution in [2.75, 3.05) is 39.8 Å². The van der Waals surface area contributed by atoms with Crippen molar-refractivity contribution >= 4 is 18.0 Å². The number of amides is 4. The lowest BCUT2D eigenvalue weighted by Gasteiger charge is -2.45. The minimum atomic E-state index is -0.728. The molecule has 1 spiro atoms. The number of carbonyl (C=O) groups excluding carboxylic acids is 3. The van der Waals surface area contributed by atoms with Crippen LogP contribution in [0.15, 0.2) is 30.3 Å². The van der Waals surface area contributed by atoms with Gasteiger partial charge in [-0.3, -0.25) is 9.69 Å². The molecule has 3 aliphatic heterocycles. The number of piperidine rings is 2. The van der Waals surface area contributed by atoms with Gasteiger partial charge in [-0.25, -0.2) is 9.59 Å². The minimum absolute atomic E-state index is 0.0689. The number of benzene rings is 1. The first-order valence-electron chi connectivity index (χ1n) is 11.3. The fourth-order valence-corrected chi connectivity index (χ4v) is 5.19. The van der Waals surface area contributed by atoms with Crippen LogP contribution in [0.25, 0.3) is 0 Å². The van der Waals surface area contributed by atoms with Crippen LogP contribution in [0.2, 0.25) is 0 Å². The Morgan fingerprint density at radius 1 is 1.06 bits per heavy atom. The van der Waals surface area contributed by atoms with E-state index in [9.17, 15) is 14.4 Å². The molecule has 0 saturated carbocycles. The maximum atomic E-state index is 13.4. The van der Waals surface area contributed by atoms with Crippen LogP contribution in [-0.4, -0.2) is 89.0 Å². The van der Waals surface area contributed by atoms with Crippen molar-refractivity contribution in [3.63, 3.8) is 0 Å². The van der Waals surface area contributed by atoms with E-state index in [1.165, 1.54) is 4.90 Å². The van der Waals surface area contributed by atoms with Gasteiger partial charge < -0.3 is 19.4 Å². The van der Waals surface area contributed by atoms with Gasteiger partial charge in [0.15, 0.2) is 0 Å². The molecule has 0 aromatic heterocycles. The summed E-state index contributed by atoms with van der Waals surface area (Å²) in [6.07, 6.45) is 2.90. The summed E-state index contributed by atoms with van der Waals surface area (Å²) in [6, 6.07) is 9.86. The summed E-state index contributed by atoms with van der Waals surface area (Å²) in [5, 5.41) is 0. The Bertz CT molecular complexity index is 814. The van der Waals surface area contributed by atoms with Crippen molar-refractivity contribution < 1.29 is 19.1 Å². The highest BCUT2D eigenvalue weighted by atomic mass is 16.6. The highest BCUT2D eigenvalue weighted by molar-refractivity contribution is 6.06. The maximum absolute atomic E-state index is 13.4. The van der Waals surface area contributed by atoms with Gasteiger partial charge in [0.2, 0.25) is 0 Å². The number of hydrogen-bond acceptors (Lipinski definition) is 5. The molecule has 4 rings (SSSR count). The third-order valence-corrected chi connectivity index (χ3v) is 7.12. The highest BCUT2D eigenvalue weighted by Gasteiger charge is 2.56. The molecule has 0 aliphatic carbocycles. The molecule has 3 heterocycles. The van der Waals surface area contributed by atoms with Crippen LogP contribution < -0.4 is 0 Å². The summed E-state index contributed by atoms with van der Waals surface area (Å²) < 4.78 is 5.11. The van der Waals surface area contributed by atoms with Crippen LogP contribution in [0.5, 0.6) is 0 Å². The molecule has 3 aliphatic rings. The van der Waals surface area contributed by atoms with Crippen molar-refractivity contribution in [2.45, 2.75) is 50.7 Å². The first-order valence-corrected chi connectivity index (χ1v) is 11.3. The van der Waals surface area contributed by atoms with E-state index < -0.39 is 5.54 Å². The van der Waals surface area contributed by atoms with Crippen molar-refractivity contribution in [1.29, 1.82) is 0 Å². The Balaban J connectivity index is 1.36. The number of likely N-dealkylation sites (tertiary alicyclic amines) is 2. The summed E-state index contributed by atoms with van der Waals surface area (Å²) in [4.78, 5) is 45.5.